The predicted molar refractivity (Wildman–Crippen MR) is 106 cm³/mol. The number of nitrogens with zero attached hydrogens (tertiary/aromatic N) is 2. The smallest absolute Gasteiger partial charge is 0.243 e. The zero-order valence-electron chi connectivity index (χ0n) is 16.6. The number of aryl methyl sites for hydroxylation is 2. The highest BCUT2D eigenvalue weighted by atomic mass is 32.2. The molecule has 6 nitrogen and oxygen atoms in total. The molecule has 2 aromatic rings. The van der Waals surface area contributed by atoms with Crippen molar-refractivity contribution >= 4 is 10.0 Å². The number of piperidine rings is 1. The molecule has 150 valence electrons. The minimum atomic E-state index is -3.59. The van der Waals surface area contributed by atoms with Crippen molar-refractivity contribution in [2.75, 3.05) is 19.7 Å². The molecule has 0 unspecified atom stereocenters. The normalized spacial score (nSPS) is 20.3. The van der Waals surface area contributed by atoms with Crippen LogP contribution in [0, 0.1) is 13.8 Å². The van der Waals surface area contributed by atoms with Crippen LogP contribution in [-0.4, -0.2) is 43.0 Å². The molecule has 0 saturated carbocycles. The minimum absolute atomic E-state index is 0.303. The van der Waals surface area contributed by atoms with Crippen LogP contribution in [0.3, 0.4) is 0 Å². The van der Waals surface area contributed by atoms with Gasteiger partial charge in [-0.3, -0.25) is 0 Å². The van der Waals surface area contributed by atoms with E-state index in [1.807, 2.05) is 19.1 Å². The molecule has 1 fully saturated rings. The topological polar surface area (TPSA) is 72.6 Å². The summed E-state index contributed by atoms with van der Waals surface area (Å²) < 4.78 is 39.9. The number of rotatable bonds is 3. The van der Waals surface area contributed by atoms with Gasteiger partial charge in [0.15, 0.2) is 11.7 Å². The molecule has 4 rings (SSSR count). The van der Waals surface area contributed by atoms with E-state index < -0.39 is 10.0 Å². The van der Waals surface area contributed by atoms with Gasteiger partial charge in [0.25, 0.3) is 0 Å². The van der Waals surface area contributed by atoms with E-state index in [0.717, 1.165) is 12.0 Å². The molecule has 0 aliphatic carbocycles. The third-order valence-electron chi connectivity index (χ3n) is 5.68. The molecule has 7 heteroatoms. The fourth-order valence-electron chi connectivity index (χ4n) is 4.04. The van der Waals surface area contributed by atoms with Gasteiger partial charge < -0.3 is 9.15 Å². The molecule has 2 aliphatic rings. The van der Waals surface area contributed by atoms with E-state index >= 15 is 0 Å². The Morgan fingerprint density at radius 1 is 1.14 bits per heavy atom. The van der Waals surface area contributed by atoms with Crippen molar-refractivity contribution in [1.29, 1.82) is 0 Å². The summed E-state index contributed by atoms with van der Waals surface area (Å²) in [5, 5.41) is 0. The van der Waals surface area contributed by atoms with E-state index in [-0.39, 0.29) is 5.60 Å². The molecule has 0 atom stereocenters. The van der Waals surface area contributed by atoms with Gasteiger partial charge in [0.2, 0.25) is 10.0 Å². The predicted octanol–water partition coefficient (Wildman–Crippen LogP) is 3.85. The van der Waals surface area contributed by atoms with Crippen LogP contribution in [0.15, 0.2) is 45.4 Å². The molecule has 1 aromatic heterocycles. The van der Waals surface area contributed by atoms with Crippen molar-refractivity contribution in [1.82, 2.24) is 9.29 Å². The minimum Gasteiger partial charge on any atom is -0.441 e. The van der Waals surface area contributed by atoms with E-state index in [1.165, 1.54) is 5.57 Å². The Bertz CT molecular complexity index is 1010. The highest BCUT2D eigenvalue weighted by Crippen LogP contribution is 2.36. The number of oxazole rings is 1. The molecule has 0 N–H and O–H groups in total. The SMILES string of the molecule is CC1=CC2(CCN(S(=O)(=O)c3cc(-c4cnc(C)o4)ccc3C)CC2)OCC1. The van der Waals surface area contributed by atoms with Gasteiger partial charge in [0.05, 0.1) is 23.3 Å². The summed E-state index contributed by atoms with van der Waals surface area (Å²) in [5.74, 6) is 1.12. The molecule has 0 amide bonds. The van der Waals surface area contributed by atoms with Crippen LogP contribution in [0.5, 0.6) is 0 Å². The van der Waals surface area contributed by atoms with Crippen molar-refractivity contribution in [2.24, 2.45) is 0 Å². The molecule has 1 aromatic carbocycles. The Morgan fingerprint density at radius 3 is 2.54 bits per heavy atom. The Kier molecular flexibility index (Phi) is 4.93. The Labute approximate surface area is 166 Å². The molecule has 3 heterocycles. The van der Waals surface area contributed by atoms with Crippen molar-refractivity contribution in [3.8, 4) is 11.3 Å². The number of hydrogen-bond donors (Lipinski definition) is 0. The Hall–Kier alpha value is -1.96. The first kappa shape index (κ1) is 19.4. The molecular formula is C21H26N2O4S. The van der Waals surface area contributed by atoms with Crippen LogP contribution < -0.4 is 0 Å². The lowest BCUT2D eigenvalue weighted by Gasteiger charge is -2.41. The highest BCUT2D eigenvalue weighted by molar-refractivity contribution is 7.89. The average molecular weight is 403 g/mol. The lowest BCUT2D eigenvalue weighted by atomic mass is 9.88. The average Bonchev–Trinajstić information content (AvgIpc) is 3.08. The maximum Gasteiger partial charge on any atom is 0.243 e. The third-order valence-corrected chi connectivity index (χ3v) is 7.72. The molecule has 1 saturated heterocycles. The first-order valence-electron chi connectivity index (χ1n) is 9.65. The molecule has 28 heavy (non-hydrogen) atoms. The number of aromatic nitrogens is 1. The number of benzene rings is 1. The van der Waals surface area contributed by atoms with Crippen LogP contribution >= 0.6 is 0 Å². The van der Waals surface area contributed by atoms with E-state index in [4.69, 9.17) is 9.15 Å². The zero-order valence-corrected chi connectivity index (χ0v) is 17.4. The first-order valence-corrected chi connectivity index (χ1v) is 11.1. The van der Waals surface area contributed by atoms with Gasteiger partial charge in [0.1, 0.15) is 0 Å². The van der Waals surface area contributed by atoms with E-state index in [9.17, 15) is 8.42 Å². The van der Waals surface area contributed by atoms with Crippen molar-refractivity contribution < 1.29 is 17.6 Å². The van der Waals surface area contributed by atoms with Gasteiger partial charge in [-0.25, -0.2) is 13.4 Å². The van der Waals surface area contributed by atoms with Gasteiger partial charge in [-0.05, 0) is 44.7 Å². The Balaban J connectivity index is 1.60. The van der Waals surface area contributed by atoms with Gasteiger partial charge in [-0.1, -0.05) is 23.8 Å². The lowest BCUT2D eigenvalue weighted by molar-refractivity contribution is -0.0462. The summed E-state index contributed by atoms with van der Waals surface area (Å²) in [5.41, 5.74) is 2.47. The quantitative estimate of drug-likeness (QED) is 0.729. The van der Waals surface area contributed by atoms with Crippen LogP contribution in [0.4, 0.5) is 0 Å². The van der Waals surface area contributed by atoms with Crippen LogP contribution in [0.25, 0.3) is 11.3 Å². The summed E-state index contributed by atoms with van der Waals surface area (Å²) in [6.45, 7) is 7.33. The zero-order chi connectivity index (χ0) is 19.9. The largest absolute Gasteiger partial charge is 0.441 e. The van der Waals surface area contributed by atoms with Crippen LogP contribution in [-0.2, 0) is 14.8 Å². The number of hydrogen-bond acceptors (Lipinski definition) is 5. The summed E-state index contributed by atoms with van der Waals surface area (Å²) in [7, 11) is -3.59. The summed E-state index contributed by atoms with van der Waals surface area (Å²) in [6.07, 6.45) is 6.14. The lowest BCUT2D eigenvalue weighted by Crippen LogP contribution is -2.48. The summed E-state index contributed by atoms with van der Waals surface area (Å²) in [4.78, 5) is 4.43. The third kappa shape index (κ3) is 3.54. The molecule has 2 aliphatic heterocycles. The molecule has 1 spiro atoms. The van der Waals surface area contributed by atoms with E-state index in [2.05, 4.69) is 18.0 Å². The van der Waals surface area contributed by atoms with Gasteiger partial charge in [-0.15, -0.1) is 0 Å². The van der Waals surface area contributed by atoms with Gasteiger partial charge >= 0.3 is 0 Å². The standard InChI is InChI=1S/C21H26N2O4S/c1-15-6-11-26-21(13-15)7-9-23(10-8-21)28(24,25)20-12-18(5-4-16(20)2)19-14-22-17(3)27-19/h4-5,12-14H,6-11H2,1-3H3. The van der Waals surface area contributed by atoms with Crippen molar-refractivity contribution in [3.05, 3.63) is 47.5 Å². The maximum absolute atomic E-state index is 13.4. The second kappa shape index (κ2) is 7.13. The second-order valence-electron chi connectivity index (χ2n) is 7.78. The number of sulfonamides is 1. The summed E-state index contributed by atoms with van der Waals surface area (Å²) >= 11 is 0. The van der Waals surface area contributed by atoms with E-state index in [0.29, 0.717) is 54.6 Å². The Morgan fingerprint density at radius 2 is 1.89 bits per heavy atom. The van der Waals surface area contributed by atoms with Crippen LogP contribution in [0.1, 0.15) is 37.6 Å². The van der Waals surface area contributed by atoms with Crippen molar-refractivity contribution in [3.63, 3.8) is 0 Å². The fourth-order valence-corrected chi connectivity index (χ4v) is 5.73. The first-order chi connectivity index (χ1) is 13.3. The van der Waals surface area contributed by atoms with E-state index in [1.54, 1.807) is 23.5 Å². The molecule has 0 bridgehead atoms. The molecule has 0 radical (unpaired) electrons. The molecular weight excluding hydrogens is 376 g/mol. The maximum atomic E-state index is 13.4. The van der Waals surface area contributed by atoms with Crippen LogP contribution in [0.2, 0.25) is 0 Å². The summed E-state index contributed by atoms with van der Waals surface area (Å²) in [6, 6.07) is 5.38. The monoisotopic (exact) mass is 402 g/mol. The highest BCUT2D eigenvalue weighted by Gasteiger charge is 2.39. The van der Waals surface area contributed by atoms with Gasteiger partial charge in [-0.2, -0.15) is 4.31 Å². The van der Waals surface area contributed by atoms with Crippen molar-refractivity contribution in [2.45, 2.75) is 50.5 Å². The van der Waals surface area contributed by atoms with Gasteiger partial charge in [0, 0.05) is 25.6 Å². The fraction of sp³-hybridized carbons (Fsp3) is 0.476. The second-order valence-corrected chi connectivity index (χ2v) is 9.69. The number of ether oxygens (including phenoxy) is 1.